The third kappa shape index (κ3) is 4.54. The zero-order chi connectivity index (χ0) is 40.9. The van der Waals surface area contributed by atoms with Gasteiger partial charge < -0.3 is 4.90 Å². The maximum Gasteiger partial charge on any atom is 0.0726 e. The first-order chi connectivity index (χ1) is 30.5. The van der Waals surface area contributed by atoms with Crippen molar-refractivity contribution in [3.05, 3.63) is 220 Å². The molecule has 0 saturated heterocycles. The molecule has 14 rings (SSSR count). The van der Waals surface area contributed by atoms with Gasteiger partial charge in [0.05, 0.1) is 5.41 Å². The summed E-state index contributed by atoms with van der Waals surface area (Å²) in [5, 5.41) is 0. The van der Waals surface area contributed by atoms with E-state index in [0.29, 0.717) is 11.8 Å². The molecule has 0 heterocycles. The molecular weight excluding hydrogens is 747 g/mol. The van der Waals surface area contributed by atoms with Crippen LogP contribution in [0.1, 0.15) is 102 Å². The number of nitrogens with zero attached hydrogens (tertiary/aromatic N) is 1. The van der Waals surface area contributed by atoms with Crippen LogP contribution in [0.2, 0.25) is 0 Å². The highest BCUT2D eigenvalue weighted by atomic mass is 15.1. The van der Waals surface area contributed by atoms with E-state index in [9.17, 15) is 0 Å². The SMILES string of the molecule is CC1(C)c2ccccc2-c2ccc(N(c3ccc(-c4ccccc4)cc3)c3ccc4c(c3)C3(c5ccccc5-4)c4ccccc4-c4cc5c(cc43)C3CCCC4CC5CC43)cc21. The Balaban J connectivity index is 1.00. The molecule has 2 bridgehead atoms. The third-order valence-corrected chi connectivity index (χ3v) is 16.8. The second-order valence-corrected chi connectivity index (χ2v) is 19.9. The van der Waals surface area contributed by atoms with Crippen molar-refractivity contribution < 1.29 is 0 Å². The first-order valence-corrected chi connectivity index (χ1v) is 23.2. The van der Waals surface area contributed by atoms with Gasteiger partial charge >= 0.3 is 0 Å². The van der Waals surface area contributed by atoms with Gasteiger partial charge in [0, 0.05) is 22.5 Å². The predicted molar refractivity (Wildman–Crippen MR) is 256 cm³/mol. The fourth-order valence-corrected chi connectivity index (χ4v) is 14.2. The molecule has 5 unspecified atom stereocenters. The smallest absolute Gasteiger partial charge is 0.0726 e. The summed E-state index contributed by atoms with van der Waals surface area (Å²) < 4.78 is 0. The van der Waals surface area contributed by atoms with Crippen LogP contribution >= 0.6 is 0 Å². The molecule has 0 radical (unpaired) electrons. The summed E-state index contributed by atoms with van der Waals surface area (Å²) in [4.78, 5) is 2.53. The number of hydrogen-bond donors (Lipinski definition) is 0. The molecule has 8 aromatic rings. The highest BCUT2D eigenvalue weighted by Crippen LogP contribution is 2.67. The fourth-order valence-electron chi connectivity index (χ4n) is 14.2. The Kier molecular flexibility index (Phi) is 7.14. The molecule has 62 heavy (non-hydrogen) atoms. The summed E-state index contributed by atoms with van der Waals surface area (Å²) >= 11 is 0. The molecule has 1 heteroatoms. The van der Waals surface area contributed by atoms with Gasteiger partial charge in [0.15, 0.2) is 0 Å². The highest BCUT2D eigenvalue weighted by Gasteiger charge is 2.54. The quantitative estimate of drug-likeness (QED) is 0.171. The largest absolute Gasteiger partial charge is 0.310 e. The van der Waals surface area contributed by atoms with Gasteiger partial charge in [0.1, 0.15) is 0 Å². The van der Waals surface area contributed by atoms with Gasteiger partial charge in [0.25, 0.3) is 0 Å². The summed E-state index contributed by atoms with van der Waals surface area (Å²) in [6, 6.07) is 67.9. The Morgan fingerprint density at radius 1 is 0.419 bits per heavy atom. The van der Waals surface area contributed by atoms with E-state index in [1.165, 1.54) is 121 Å². The number of benzene rings is 8. The van der Waals surface area contributed by atoms with Gasteiger partial charge in [-0.25, -0.2) is 0 Å². The average Bonchev–Trinajstić information content (AvgIpc) is 4.03. The van der Waals surface area contributed by atoms with Crippen molar-refractivity contribution in [1.29, 1.82) is 0 Å². The van der Waals surface area contributed by atoms with Crippen molar-refractivity contribution in [2.24, 2.45) is 11.8 Å². The number of hydrogen-bond acceptors (Lipinski definition) is 1. The minimum atomic E-state index is -0.405. The zero-order valence-corrected chi connectivity index (χ0v) is 35.5. The van der Waals surface area contributed by atoms with Crippen LogP contribution in [0.5, 0.6) is 0 Å². The average molecular weight is 796 g/mol. The number of rotatable bonds is 4. The van der Waals surface area contributed by atoms with Gasteiger partial charge in [-0.2, -0.15) is 0 Å². The van der Waals surface area contributed by atoms with Gasteiger partial charge in [-0.1, -0.05) is 166 Å². The summed E-state index contributed by atoms with van der Waals surface area (Å²) in [5.41, 5.74) is 25.7. The minimum Gasteiger partial charge on any atom is -0.310 e. The maximum atomic E-state index is 2.76. The van der Waals surface area contributed by atoms with E-state index in [0.717, 1.165) is 17.5 Å². The minimum absolute atomic E-state index is 0.108. The lowest BCUT2D eigenvalue weighted by atomic mass is 9.65. The predicted octanol–water partition coefficient (Wildman–Crippen LogP) is 15.9. The lowest BCUT2D eigenvalue weighted by Gasteiger charge is -2.38. The van der Waals surface area contributed by atoms with E-state index in [-0.39, 0.29) is 5.41 Å². The van der Waals surface area contributed by atoms with Crippen LogP contribution in [0, 0.1) is 11.8 Å². The van der Waals surface area contributed by atoms with E-state index in [1.807, 2.05) is 0 Å². The summed E-state index contributed by atoms with van der Waals surface area (Å²) in [6.45, 7) is 4.78. The maximum absolute atomic E-state index is 2.76. The van der Waals surface area contributed by atoms with E-state index < -0.39 is 5.41 Å². The second kappa shape index (κ2) is 12.6. The molecule has 1 spiro atoms. The molecule has 0 aromatic heterocycles. The Morgan fingerprint density at radius 2 is 0.968 bits per heavy atom. The van der Waals surface area contributed by atoms with Gasteiger partial charge in [0.2, 0.25) is 0 Å². The Bertz CT molecular complexity index is 3170. The lowest BCUT2D eigenvalue weighted by Crippen LogP contribution is -2.28. The fraction of sp³-hybridized carbons (Fsp3) is 0.213. The highest BCUT2D eigenvalue weighted by molar-refractivity contribution is 5.97. The van der Waals surface area contributed by atoms with Crippen LogP contribution in [-0.2, 0) is 10.8 Å². The van der Waals surface area contributed by atoms with Crippen LogP contribution in [0.4, 0.5) is 17.1 Å². The van der Waals surface area contributed by atoms with Crippen molar-refractivity contribution in [1.82, 2.24) is 0 Å². The third-order valence-electron chi connectivity index (χ3n) is 16.8. The molecule has 2 fully saturated rings. The van der Waals surface area contributed by atoms with Gasteiger partial charge in [-0.05, 0) is 168 Å². The van der Waals surface area contributed by atoms with Crippen molar-refractivity contribution in [3.8, 4) is 44.5 Å². The van der Waals surface area contributed by atoms with Crippen LogP contribution in [0.25, 0.3) is 44.5 Å². The Morgan fingerprint density at radius 3 is 1.69 bits per heavy atom. The first kappa shape index (κ1) is 35.2. The van der Waals surface area contributed by atoms with E-state index in [1.54, 1.807) is 11.1 Å². The molecule has 0 N–H and O–H groups in total. The summed E-state index contributed by atoms with van der Waals surface area (Å²) in [6.07, 6.45) is 6.95. The van der Waals surface area contributed by atoms with Crippen LogP contribution in [0.3, 0.4) is 0 Å². The number of anilines is 3. The van der Waals surface area contributed by atoms with Crippen molar-refractivity contribution in [2.45, 2.75) is 68.6 Å². The monoisotopic (exact) mass is 795 g/mol. The first-order valence-electron chi connectivity index (χ1n) is 23.2. The van der Waals surface area contributed by atoms with Crippen LogP contribution < -0.4 is 4.90 Å². The molecular formula is C61H49N. The standard InChI is InChI=1S/C61H49N/c1-60(2)54-20-9-6-16-45(54)48-29-27-42(33-57(48)60)62(41-25-23-38(24-26-41)37-13-4-3-5-14-37)43-28-30-49-46-17-7-10-21-55(46)61(58(49)34-43)56-22-11-8-18-47(56)53-35-51-40-31-39-15-12-19-44(50(39)32-40)52(51)36-59(53)61/h3-11,13-14,16-18,20-30,33-36,39-40,44,50H,12,15,19,31-32H2,1-2H3. The molecule has 298 valence electrons. The van der Waals surface area contributed by atoms with E-state index >= 15 is 0 Å². The van der Waals surface area contributed by atoms with E-state index in [4.69, 9.17) is 0 Å². The molecule has 6 aliphatic carbocycles. The number of fused-ring (bicyclic) bond motifs is 17. The molecule has 2 saturated carbocycles. The van der Waals surface area contributed by atoms with Crippen molar-refractivity contribution in [2.75, 3.05) is 4.90 Å². The summed E-state index contributed by atoms with van der Waals surface area (Å²) in [5.74, 6) is 3.18. The molecule has 1 nitrogen and oxygen atoms in total. The van der Waals surface area contributed by atoms with Crippen LogP contribution in [-0.4, -0.2) is 0 Å². The Hall–Kier alpha value is -6.44. The van der Waals surface area contributed by atoms with Crippen LogP contribution in [0.15, 0.2) is 176 Å². The van der Waals surface area contributed by atoms with Crippen molar-refractivity contribution >= 4 is 17.1 Å². The Labute approximate surface area is 365 Å². The molecule has 6 aliphatic rings. The topological polar surface area (TPSA) is 3.24 Å². The van der Waals surface area contributed by atoms with Gasteiger partial charge in [-0.15, -0.1) is 0 Å². The molecule has 8 aromatic carbocycles. The van der Waals surface area contributed by atoms with E-state index in [2.05, 4.69) is 195 Å². The van der Waals surface area contributed by atoms with Crippen molar-refractivity contribution in [3.63, 3.8) is 0 Å². The zero-order valence-electron chi connectivity index (χ0n) is 35.5. The normalized spacial score (nSPS) is 23.2. The summed E-state index contributed by atoms with van der Waals surface area (Å²) in [7, 11) is 0. The second-order valence-electron chi connectivity index (χ2n) is 19.9. The lowest BCUT2D eigenvalue weighted by molar-refractivity contribution is 0.236. The molecule has 5 atom stereocenters. The van der Waals surface area contributed by atoms with Gasteiger partial charge in [-0.3, -0.25) is 0 Å². The molecule has 0 amide bonds. The molecule has 0 aliphatic heterocycles.